The first-order chi connectivity index (χ1) is 30.1. The third-order valence-electron chi connectivity index (χ3n) is 14.2. The summed E-state index contributed by atoms with van der Waals surface area (Å²) in [6.45, 7) is 4.65. The second-order valence-electron chi connectivity index (χ2n) is 17.9. The topological polar surface area (TPSA) is 9.86 Å². The minimum Gasteiger partial charge on any atom is -0.336 e. The van der Waals surface area contributed by atoms with E-state index in [9.17, 15) is 0 Å². The average Bonchev–Trinajstić information content (AvgIpc) is 3.90. The molecule has 0 fully saturated rings. The van der Waals surface area contributed by atoms with Gasteiger partial charge in [-0.25, -0.2) is 0 Å². The van der Waals surface area contributed by atoms with Gasteiger partial charge in [-0.2, -0.15) is 0 Å². The second-order valence-corrected chi connectivity index (χ2v) is 19.7. The van der Waals surface area contributed by atoms with Crippen LogP contribution in [0.5, 0.6) is 0 Å². The number of halogens is 2. The first-order valence-corrected chi connectivity index (χ1v) is 25.2. The minimum atomic E-state index is -0.433. The van der Waals surface area contributed by atoms with E-state index in [2.05, 4.69) is 188 Å². The highest BCUT2D eigenvalue weighted by Crippen LogP contribution is 2.64. The van der Waals surface area contributed by atoms with Gasteiger partial charge in [-0.3, -0.25) is 0 Å². The molecule has 6 aromatic carbocycles. The Hall–Kier alpha value is -4.12. The van der Waals surface area contributed by atoms with Crippen molar-refractivity contribution >= 4 is 75.5 Å². The lowest BCUT2D eigenvalue weighted by molar-refractivity contribution is 0.206. The van der Waals surface area contributed by atoms with Crippen molar-refractivity contribution in [2.75, 3.05) is 0 Å². The third kappa shape index (κ3) is 7.84. The van der Waals surface area contributed by atoms with E-state index in [0.717, 1.165) is 21.8 Å². The zero-order valence-corrected chi connectivity index (χ0v) is 39.5. The molecule has 0 amide bonds. The highest BCUT2D eigenvalue weighted by molar-refractivity contribution is 9.10. The fraction of sp³-hybridized carbons (Fsp3) is 0.368. The van der Waals surface area contributed by atoms with E-state index >= 15 is 0 Å². The van der Waals surface area contributed by atoms with Crippen LogP contribution < -0.4 is 0 Å². The molecule has 1 aliphatic carbocycles. The van der Waals surface area contributed by atoms with E-state index in [1.807, 2.05) is 0 Å². The van der Waals surface area contributed by atoms with Gasteiger partial charge in [0.05, 0.1) is 17.5 Å². The smallest absolute Gasteiger partial charge is 0.0630 e. The van der Waals surface area contributed by atoms with Crippen molar-refractivity contribution in [1.82, 2.24) is 9.13 Å². The Kier molecular flexibility index (Phi) is 13.2. The number of unbranched alkanes of at least 4 members (excludes halogenated alkanes) is 12. The van der Waals surface area contributed by atoms with Crippen molar-refractivity contribution in [3.8, 4) is 11.1 Å². The molecule has 1 aliphatic rings. The molecule has 2 unspecified atom stereocenters. The first kappa shape index (κ1) is 42.2. The molecule has 2 heterocycles. The number of benzene rings is 6. The number of nitrogens with zero attached hydrogens (tertiary/aromatic N) is 2. The fourth-order valence-electron chi connectivity index (χ4n) is 11.6. The number of para-hydroxylation sites is 4. The zero-order chi connectivity index (χ0) is 41.8. The van der Waals surface area contributed by atoms with Crippen molar-refractivity contribution in [1.29, 1.82) is 0 Å². The summed E-state index contributed by atoms with van der Waals surface area (Å²) in [7, 11) is 0. The van der Waals surface area contributed by atoms with Crippen molar-refractivity contribution in [3.63, 3.8) is 0 Å². The number of fused-ring (bicyclic) bond motifs is 9. The summed E-state index contributed by atoms with van der Waals surface area (Å²) in [5.41, 5.74) is 10.6. The molecule has 0 saturated heterocycles. The normalized spacial score (nSPS) is 14.3. The molecule has 2 atom stereocenters. The van der Waals surface area contributed by atoms with E-state index in [1.54, 1.807) is 0 Å². The van der Waals surface area contributed by atoms with E-state index < -0.39 is 5.41 Å². The Morgan fingerprint density at radius 3 is 1.05 bits per heavy atom. The maximum Gasteiger partial charge on any atom is 0.0630 e. The lowest BCUT2D eigenvalue weighted by atomic mass is 9.63. The summed E-state index contributed by atoms with van der Waals surface area (Å²) < 4.78 is 7.98. The maximum absolute atomic E-state index is 4.10. The summed E-state index contributed by atoms with van der Waals surface area (Å²) in [5.74, 6) is 0. The highest BCUT2D eigenvalue weighted by Gasteiger charge is 2.56. The SMILES string of the molecule is CCCCCCCCCC(n1c2ccccc2c2ccccc21)C1(C(CCCCCCCCC)n2c3ccccc3c3ccccc32)c2cc(Br)ccc2-c2ccc(Br)cc21. The molecule has 0 aliphatic heterocycles. The summed E-state index contributed by atoms with van der Waals surface area (Å²) in [5, 5.41) is 5.39. The van der Waals surface area contributed by atoms with Crippen LogP contribution in [-0.4, -0.2) is 9.13 Å². The van der Waals surface area contributed by atoms with Crippen LogP contribution in [0.3, 0.4) is 0 Å². The Labute approximate surface area is 381 Å². The molecule has 0 N–H and O–H groups in total. The molecule has 0 bridgehead atoms. The van der Waals surface area contributed by atoms with Crippen molar-refractivity contribution < 1.29 is 0 Å². The maximum atomic E-state index is 4.10. The van der Waals surface area contributed by atoms with Gasteiger partial charge >= 0.3 is 0 Å². The largest absolute Gasteiger partial charge is 0.336 e. The standard InChI is InChI=1S/C57H62Br2N2/c1-3-5-7-9-11-13-15-33-55(60-51-29-21-17-25-45(51)46-26-18-22-30-52(46)60)57(49-39-41(58)35-37-43(49)44-38-36-42(59)40-50(44)57)56(34-16-14-12-10-8-6-4-2)61-53-31-23-19-27-47(53)48-28-20-24-32-54(48)61/h17-32,35-40,55-56H,3-16,33-34H2,1-2H3. The van der Waals surface area contributed by atoms with Crippen LogP contribution in [0, 0.1) is 0 Å². The number of rotatable bonds is 20. The predicted molar refractivity (Wildman–Crippen MR) is 270 cm³/mol. The Balaban J connectivity index is 1.36. The Morgan fingerprint density at radius 2 is 0.705 bits per heavy atom. The molecule has 0 spiro atoms. The molecule has 0 saturated carbocycles. The minimum absolute atomic E-state index is 0.117. The monoisotopic (exact) mass is 932 g/mol. The van der Waals surface area contributed by atoms with Crippen molar-refractivity contribution in [2.24, 2.45) is 0 Å². The molecule has 8 aromatic rings. The molecule has 2 aromatic heterocycles. The number of aromatic nitrogens is 2. The highest BCUT2D eigenvalue weighted by atomic mass is 79.9. The van der Waals surface area contributed by atoms with Gasteiger partial charge in [-0.1, -0.05) is 221 Å². The van der Waals surface area contributed by atoms with Crippen LogP contribution in [0.1, 0.15) is 140 Å². The van der Waals surface area contributed by atoms with Crippen molar-refractivity contribution in [2.45, 2.75) is 134 Å². The van der Waals surface area contributed by atoms with Crippen LogP contribution in [0.15, 0.2) is 142 Å². The van der Waals surface area contributed by atoms with Crippen LogP contribution in [-0.2, 0) is 5.41 Å². The van der Waals surface area contributed by atoms with Gasteiger partial charge in [0.25, 0.3) is 0 Å². The second kappa shape index (κ2) is 19.1. The van der Waals surface area contributed by atoms with E-state index in [4.69, 9.17) is 0 Å². The summed E-state index contributed by atoms with van der Waals surface area (Å²) in [6.07, 6.45) is 20.2. The first-order valence-electron chi connectivity index (χ1n) is 23.6. The van der Waals surface area contributed by atoms with Crippen LogP contribution >= 0.6 is 31.9 Å². The molecule has 4 heteroatoms. The van der Waals surface area contributed by atoms with Gasteiger partial charge in [-0.05, 0) is 83.6 Å². The summed E-state index contributed by atoms with van der Waals surface area (Å²) >= 11 is 8.19. The lowest BCUT2D eigenvalue weighted by Gasteiger charge is -2.48. The zero-order valence-electron chi connectivity index (χ0n) is 36.3. The van der Waals surface area contributed by atoms with Gasteiger partial charge in [0.2, 0.25) is 0 Å². The summed E-state index contributed by atoms with van der Waals surface area (Å²) in [4.78, 5) is 0. The lowest BCUT2D eigenvalue weighted by Crippen LogP contribution is -2.44. The fourth-order valence-corrected chi connectivity index (χ4v) is 12.3. The molecular weight excluding hydrogens is 872 g/mol. The number of hydrogen-bond donors (Lipinski definition) is 0. The van der Waals surface area contributed by atoms with Gasteiger partial charge in [0, 0.05) is 52.6 Å². The van der Waals surface area contributed by atoms with E-state index in [-0.39, 0.29) is 12.1 Å². The van der Waals surface area contributed by atoms with Gasteiger partial charge < -0.3 is 9.13 Å². The van der Waals surface area contributed by atoms with Crippen LogP contribution in [0.4, 0.5) is 0 Å². The van der Waals surface area contributed by atoms with Crippen LogP contribution in [0.2, 0.25) is 0 Å². The Morgan fingerprint density at radius 1 is 0.393 bits per heavy atom. The van der Waals surface area contributed by atoms with E-state index in [1.165, 1.54) is 156 Å². The molecule has 314 valence electrons. The average molecular weight is 935 g/mol. The van der Waals surface area contributed by atoms with Gasteiger partial charge in [-0.15, -0.1) is 0 Å². The quantitative estimate of drug-likeness (QED) is 0.0674. The molecular formula is C57H62Br2N2. The number of hydrogen-bond acceptors (Lipinski definition) is 0. The molecule has 9 rings (SSSR count). The third-order valence-corrected chi connectivity index (χ3v) is 15.2. The van der Waals surface area contributed by atoms with Gasteiger partial charge in [0.1, 0.15) is 0 Å². The van der Waals surface area contributed by atoms with Crippen LogP contribution in [0.25, 0.3) is 54.7 Å². The van der Waals surface area contributed by atoms with Crippen molar-refractivity contribution in [3.05, 3.63) is 154 Å². The summed E-state index contributed by atoms with van der Waals surface area (Å²) in [6, 6.07) is 51.7. The molecule has 61 heavy (non-hydrogen) atoms. The molecule has 0 radical (unpaired) electrons. The predicted octanol–water partition coefficient (Wildman–Crippen LogP) is 18.5. The Bertz CT molecular complexity index is 2460. The van der Waals surface area contributed by atoms with E-state index in [0.29, 0.717) is 0 Å². The van der Waals surface area contributed by atoms with Gasteiger partial charge in [0.15, 0.2) is 0 Å². The molecule has 2 nitrogen and oxygen atoms in total.